The van der Waals surface area contributed by atoms with Gasteiger partial charge in [0.05, 0.1) is 0 Å². The Morgan fingerprint density at radius 3 is 2.50 bits per heavy atom. The summed E-state index contributed by atoms with van der Waals surface area (Å²) in [5.74, 6) is -1.79. The Kier molecular flexibility index (Phi) is 4.63. The van der Waals surface area contributed by atoms with Crippen molar-refractivity contribution >= 4 is 28.7 Å². The molecule has 0 amide bonds. The van der Waals surface area contributed by atoms with Crippen LogP contribution in [0.4, 0.5) is 20.2 Å². The van der Waals surface area contributed by atoms with E-state index < -0.39 is 11.6 Å². The zero-order valence-electron chi connectivity index (χ0n) is 10.9. The number of aryl methyl sites for hydroxylation is 1. The van der Waals surface area contributed by atoms with Gasteiger partial charge in [0, 0.05) is 17.4 Å². The summed E-state index contributed by atoms with van der Waals surface area (Å²) in [6.45, 7) is 2.05. The molecule has 0 saturated carbocycles. The molecule has 0 aromatic heterocycles. The molecule has 0 fully saturated rings. The van der Waals surface area contributed by atoms with E-state index in [4.69, 9.17) is 12.2 Å². The van der Waals surface area contributed by atoms with E-state index in [2.05, 4.69) is 10.6 Å². The second-order valence-electron chi connectivity index (χ2n) is 4.22. The number of hydrogen-bond donors (Lipinski definition) is 2. The van der Waals surface area contributed by atoms with Crippen LogP contribution >= 0.6 is 12.2 Å². The second kappa shape index (κ2) is 6.43. The van der Waals surface area contributed by atoms with Crippen LogP contribution in [0.5, 0.6) is 0 Å². The van der Waals surface area contributed by atoms with E-state index in [1.807, 2.05) is 31.2 Å². The van der Waals surface area contributed by atoms with Gasteiger partial charge in [-0.05, 0) is 42.4 Å². The number of thiocarbonyl (C=S) groups is 1. The van der Waals surface area contributed by atoms with Crippen molar-refractivity contribution in [2.45, 2.75) is 13.3 Å². The van der Waals surface area contributed by atoms with E-state index in [0.29, 0.717) is 10.8 Å². The molecule has 0 atom stereocenters. The normalized spacial score (nSPS) is 10.2. The molecular weight excluding hydrogens is 278 g/mol. The van der Waals surface area contributed by atoms with Gasteiger partial charge >= 0.3 is 0 Å². The zero-order chi connectivity index (χ0) is 14.5. The monoisotopic (exact) mass is 292 g/mol. The molecule has 0 aliphatic rings. The molecule has 0 saturated heterocycles. The Hall–Kier alpha value is -2.01. The van der Waals surface area contributed by atoms with Gasteiger partial charge in [0.15, 0.2) is 16.7 Å². The lowest BCUT2D eigenvalue weighted by atomic mass is 10.1. The minimum absolute atomic E-state index is 0.330. The maximum atomic E-state index is 13.1. The highest BCUT2D eigenvalue weighted by Gasteiger charge is 2.05. The van der Waals surface area contributed by atoms with Crippen molar-refractivity contribution < 1.29 is 8.78 Å². The molecule has 2 aromatic rings. The summed E-state index contributed by atoms with van der Waals surface area (Å²) in [4.78, 5) is 0. The van der Waals surface area contributed by atoms with Crippen LogP contribution in [0, 0.1) is 11.6 Å². The zero-order valence-corrected chi connectivity index (χ0v) is 11.7. The SMILES string of the molecule is CCc1ccccc1NC(=S)Nc1ccc(F)c(F)c1. The minimum atomic E-state index is -0.910. The molecule has 2 aromatic carbocycles. The average molecular weight is 292 g/mol. The molecule has 104 valence electrons. The van der Waals surface area contributed by atoms with Crippen LogP contribution in [0.25, 0.3) is 0 Å². The quantitative estimate of drug-likeness (QED) is 0.823. The number of anilines is 2. The van der Waals surface area contributed by atoms with Gasteiger partial charge in [-0.3, -0.25) is 0 Å². The van der Waals surface area contributed by atoms with E-state index in [9.17, 15) is 8.78 Å². The molecular formula is C15H14F2N2S. The van der Waals surface area contributed by atoms with E-state index in [1.165, 1.54) is 6.07 Å². The van der Waals surface area contributed by atoms with Crippen LogP contribution in [0.15, 0.2) is 42.5 Å². The van der Waals surface area contributed by atoms with Crippen LogP contribution in [-0.4, -0.2) is 5.11 Å². The Morgan fingerprint density at radius 1 is 1.05 bits per heavy atom. The van der Waals surface area contributed by atoms with Crippen LogP contribution in [-0.2, 0) is 6.42 Å². The molecule has 0 spiro atoms. The Morgan fingerprint density at radius 2 is 1.80 bits per heavy atom. The molecule has 0 heterocycles. The highest BCUT2D eigenvalue weighted by atomic mass is 32.1. The highest BCUT2D eigenvalue weighted by Crippen LogP contribution is 2.17. The van der Waals surface area contributed by atoms with E-state index in [1.54, 1.807) is 0 Å². The summed E-state index contributed by atoms with van der Waals surface area (Å²) < 4.78 is 25.9. The van der Waals surface area contributed by atoms with Crippen LogP contribution < -0.4 is 10.6 Å². The molecule has 0 bridgehead atoms. The van der Waals surface area contributed by atoms with E-state index >= 15 is 0 Å². The fourth-order valence-corrected chi connectivity index (χ4v) is 2.04. The van der Waals surface area contributed by atoms with Gasteiger partial charge < -0.3 is 10.6 Å². The molecule has 0 aliphatic heterocycles. The third-order valence-corrected chi connectivity index (χ3v) is 3.03. The number of halogens is 2. The van der Waals surface area contributed by atoms with Crippen molar-refractivity contribution in [2.24, 2.45) is 0 Å². The Bertz CT molecular complexity index is 629. The van der Waals surface area contributed by atoms with Crippen molar-refractivity contribution in [3.8, 4) is 0 Å². The first-order valence-electron chi connectivity index (χ1n) is 6.21. The molecule has 0 unspecified atom stereocenters. The van der Waals surface area contributed by atoms with Crippen molar-refractivity contribution in [2.75, 3.05) is 10.6 Å². The van der Waals surface area contributed by atoms with E-state index in [0.717, 1.165) is 29.8 Å². The molecule has 0 aliphatic carbocycles. The number of rotatable bonds is 3. The van der Waals surface area contributed by atoms with Crippen molar-refractivity contribution in [3.63, 3.8) is 0 Å². The summed E-state index contributed by atoms with van der Waals surface area (Å²) in [5, 5.41) is 6.20. The molecule has 20 heavy (non-hydrogen) atoms. The first kappa shape index (κ1) is 14.4. The Balaban J connectivity index is 2.07. The smallest absolute Gasteiger partial charge is 0.175 e. The number of hydrogen-bond acceptors (Lipinski definition) is 1. The van der Waals surface area contributed by atoms with Gasteiger partial charge in [-0.1, -0.05) is 25.1 Å². The number of para-hydroxylation sites is 1. The van der Waals surface area contributed by atoms with Gasteiger partial charge in [-0.2, -0.15) is 0 Å². The van der Waals surface area contributed by atoms with Gasteiger partial charge in [-0.15, -0.1) is 0 Å². The lowest BCUT2D eigenvalue weighted by Crippen LogP contribution is -2.20. The Labute approximate surface area is 121 Å². The van der Waals surface area contributed by atoms with Gasteiger partial charge in [0.1, 0.15) is 0 Å². The van der Waals surface area contributed by atoms with Gasteiger partial charge in [-0.25, -0.2) is 8.78 Å². The standard InChI is InChI=1S/C15H14F2N2S/c1-2-10-5-3-4-6-14(10)19-15(20)18-11-7-8-12(16)13(17)9-11/h3-9H,2H2,1H3,(H2,18,19,20). The topological polar surface area (TPSA) is 24.1 Å². The fourth-order valence-electron chi connectivity index (χ4n) is 1.81. The maximum Gasteiger partial charge on any atom is 0.175 e. The van der Waals surface area contributed by atoms with Gasteiger partial charge in [0.25, 0.3) is 0 Å². The summed E-state index contributed by atoms with van der Waals surface area (Å²) >= 11 is 5.16. The summed E-state index contributed by atoms with van der Waals surface area (Å²) in [6, 6.07) is 11.3. The first-order valence-corrected chi connectivity index (χ1v) is 6.62. The van der Waals surface area contributed by atoms with Crippen LogP contribution in [0.1, 0.15) is 12.5 Å². The summed E-state index contributed by atoms with van der Waals surface area (Å²) in [6.07, 6.45) is 0.872. The largest absolute Gasteiger partial charge is 0.332 e. The van der Waals surface area contributed by atoms with Gasteiger partial charge in [0.2, 0.25) is 0 Å². The van der Waals surface area contributed by atoms with E-state index in [-0.39, 0.29) is 0 Å². The first-order chi connectivity index (χ1) is 9.60. The summed E-state index contributed by atoms with van der Waals surface area (Å²) in [7, 11) is 0. The highest BCUT2D eigenvalue weighted by molar-refractivity contribution is 7.80. The second-order valence-corrected chi connectivity index (χ2v) is 4.63. The minimum Gasteiger partial charge on any atom is -0.332 e. The van der Waals surface area contributed by atoms with Crippen LogP contribution in [0.3, 0.4) is 0 Å². The number of benzene rings is 2. The molecule has 5 heteroatoms. The molecule has 0 radical (unpaired) electrons. The lowest BCUT2D eigenvalue weighted by molar-refractivity contribution is 0.509. The predicted molar refractivity (Wildman–Crippen MR) is 82.0 cm³/mol. The average Bonchev–Trinajstić information content (AvgIpc) is 2.43. The van der Waals surface area contributed by atoms with Crippen LogP contribution in [0.2, 0.25) is 0 Å². The number of nitrogens with one attached hydrogen (secondary N) is 2. The van der Waals surface area contributed by atoms with Crippen molar-refractivity contribution in [1.29, 1.82) is 0 Å². The maximum absolute atomic E-state index is 13.1. The summed E-state index contributed by atoms with van der Waals surface area (Å²) in [5.41, 5.74) is 2.42. The molecule has 2 N–H and O–H groups in total. The third-order valence-electron chi connectivity index (χ3n) is 2.82. The molecule has 2 nitrogen and oxygen atoms in total. The third kappa shape index (κ3) is 3.51. The molecule has 2 rings (SSSR count). The van der Waals surface area contributed by atoms with Crippen molar-refractivity contribution in [1.82, 2.24) is 0 Å². The van der Waals surface area contributed by atoms with Crippen molar-refractivity contribution in [3.05, 3.63) is 59.7 Å². The predicted octanol–water partition coefficient (Wildman–Crippen LogP) is 4.34. The fraction of sp³-hybridized carbons (Fsp3) is 0.133. The lowest BCUT2D eigenvalue weighted by Gasteiger charge is -2.13.